The number of hydrogen-bond donors (Lipinski definition) is 1. The molecule has 0 bridgehead atoms. The molecule has 0 aromatic heterocycles. The predicted octanol–water partition coefficient (Wildman–Crippen LogP) is 3.02. The van der Waals surface area contributed by atoms with Crippen molar-refractivity contribution in [3.8, 4) is 0 Å². The number of nitrogens with zero attached hydrogens (tertiary/aromatic N) is 1. The minimum absolute atomic E-state index is 0.0170. The van der Waals surface area contributed by atoms with E-state index in [4.69, 9.17) is 0 Å². The first-order valence-corrected chi connectivity index (χ1v) is 16.8. The molecule has 0 aliphatic rings. The largest absolute Gasteiger partial charge is 0.352 e. The Kier molecular flexibility index (Phi) is 9.03. The Morgan fingerprint density at radius 3 is 1.68 bits per heavy atom. The van der Waals surface area contributed by atoms with Gasteiger partial charge in [-0.15, -0.1) is 0 Å². The topological polar surface area (TPSA) is 15.3 Å². The van der Waals surface area contributed by atoms with Crippen molar-refractivity contribution in [3.63, 3.8) is 0 Å². The summed E-state index contributed by atoms with van der Waals surface area (Å²) in [7, 11) is -2.04. The SMILES string of the molecule is CCC(C)N(C(C)CC)[SiH](N[Si](C)(C)C)[SiH2]C(C)C. The highest BCUT2D eigenvalue weighted by atomic mass is 29.2. The van der Waals surface area contributed by atoms with E-state index in [2.05, 4.69) is 70.4 Å². The predicted molar refractivity (Wildman–Crippen MR) is 98.6 cm³/mol. The van der Waals surface area contributed by atoms with Crippen LogP contribution < -0.4 is 4.65 Å². The average molecular weight is 319 g/mol. The fraction of sp³-hybridized carbons (Fsp3) is 1.00. The van der Waals surface area contributed by atoms with Gasteiger partial charge in [0.25, 0.3) is 0 Å². The smallest absolute Gasteiger partial charge is 0.160 e. The van der Waals surface area contributed by atoms with Gasteiger partial charge in [-0.1, -0.05) is 66.7 Å². The molecule has 116 valence electrons. The molecule has 0 aromatic rings. The van der Waals surface area contributed by atoms with Crippen LogP contribution in [-0.2, 0) is 0 Å². The highest BCUT2D eigenvalue weighted by Crippen LogP contribution is 2.16. The third kappa shape index (κ3) is 7.80. The van der Waals surface area contributed by atoms with Gasteiger partial charge in [0.05, 0.1) is 9.04 Å². The van der Waals surface area contributed by atoms with Crippen molar-refractivity contribution in [2.24, 2.45) is 0 Å². The highest BCUT2D eigenvalue weighted by Gasteiger charge is 2.31. The van der Waals surface area contributed by atoms with Gasteiger partial charge >= 0.3 is 0 Å². The van der Waals surface area contributed by atoms with E-state index < -0.39 is 16.9 Å². The maximum Gasteiger partial charge on any atom is 0.160 e. The van der Waals surface area contributed by atoms with Gasteiger partial charge in [0, 0.05) is 12.1 Å². The Bertz CT molecular complexity index is 231. The van der Waals surface area contributed by atoms with E-state index >= 15 is 0 Å². The second kappa shape index (κ2) is 8.77. The van der Waals surface area contributed by atoms with Crippen LogP contribution >= 0.6 is 0 Å². The van der Waals surface area contributed by atoms with Crippen molar-refractivity contribution < 1.29 is 0 Å². The summed E-state index contributed by atoms with van der Waals surface area (Å²) < 4.78 is 7.12. The molecule has 0 aromatic carbocycles. The lowest BCUT2D eigenvalue weighted by Crippen LogP contribution is -2.66. The molecule has 2 nitrogen and oxygen atoms in total. The quantitative estimate of drug-likeness (QED) is 0.657. The Morgan fingerprint density at radius 2 is 1.42 bits per heavy atom. The molecule has 0 aliphatic heterocycles. The van der Waals surface area contributed by atoms with E-state index in [9.17, 15) is 0 Å². The monoisotopic (exact) mass is 318 g/mol. The van der Waals surface area contributed by atoms with E-state index in [1.165, 1.54) is 12.8 Å². The maximum atomic E-state index is 4.18. The lowest BCUT2D eigenvalue weighted by Gasteiger charge is -2.43. The van der Waals surface area contributed by atoms with Crippen LogP contribution in [0.15, 0.2) is 0 Å². The average Bonchev–Trinajstić information content (AvgIpc) is 2.25. The lowest BCUT2D eigenvalue weighted by atomic mass is 10.2. The molecule has 3 unspecified atom stereocenters. The lowest BCUT2D eigenvalue weighted by molar-refractivity contribution is 0.263. The van der Waals surface area contributed by atoms with Crippen LogP contribution in [0, 0.1) is 0 Å². The van der Waals surface area contributed by atoms with Gasteiger partial charge < -0.3 is 9.21 Å². The summed E-state index contributed by atoms with van der Waals surface area (Å²) in [6, 6.07) is 1.50. The fourth-order valence-electron chi connectivity index (χ4n) is 2.67. The van der Waals surface area contributed by atoms with Crippen molar-refractivity contribution in [1.82, 2.24) is 9.21 Å². The first-order valence-electron chi connectivity index (χ1n) is 8.17. The Morgan fingerprint density at radius 1 is 1.00 bits per heavy atom. The molecule has 5 heteroatoms. The first kappa shape index (κ1) is 19.6. The molecule has 0 aliphatic carbocycles. The third-order valence-corrected chi connectivity index (χ3v) is 19.0. The van der Waals surface area contributed by atoms with Crippen LogP contribution in [0.25, 0.3) is 0 Å². The molecule has 0 spiro atoms. The van der Waals surface area contributed by atoms with E-state index in [1.54, 1.807) is 0 Å². The van der Waals surface area contributed by atoms with Gasteiger partial charge in [-0.2, -0.15) is 0 Å². The van der Waals surface area contributed by atoms with Crippen LogP contribution in [0.4, 0.5) is 0 Å². The summed E-state index contributed by atoms with van der Waals surface area (Å²) in [5, 5.41) is 0. The summed E-state index contributed by atoms with van der Waals surface area (Å²) in [4.78, 5) is 0. The minimum Gasteiger partial charge on any atom is -0.352 e. The Hall–Kier alpha value is 0.571. The van der Waals surface area contributed by atoms with Crippen molar-refractivity contribution in [2.75, 3.05) is 0 Å². The molecular formula is C14H38N2Si3. The highest BCUT2D eigenvalue weighted by molar-refractivity contribution is 7.14. The van der Waals surface area contributed by atoms with Gasteiger partial charge in [-0.3, -0.25) is 0 Å². The number of rotatable bonds is 9. The van der Waals surface area contributed by atoms with E-state index in [-0.39, 0.29) is 9.04 Å². The van der Waals surface area contributed by atoms with E-state index in [0.717, 1.165) is 17.6 Å². The third-order valence-electron chi connectivity index (χ3n) is 3.85. The Labute approximate surface area is 127 Å². The van der Waals surface area contributed by atoms with Gasteiger partial charge in [0.1, 0.15) is 8.24 Å². The van der Waals surface area contributed by atoms with Crippen LogP contribution in [-0.4, -0.2) is 42.6 Å². The molecule has 1 N–H and O–H groups in total. The normalized spacial score (nSPS) is 18.5. The van der Waals surface area contributed by atoms with Crippen LogP contribution in [0.2, 0.25) is 25.2 Å². The molecule has 0 rings (SSSR count). The standard InChI is InChI=1S/C14H38N2Si3/c1-10-13(5)16(14(6)11-2)18(17-12(3)4)15-19(7,8)9/h12-15,18H,10-11,17H2,1-9H3. The molecule has 0 saturated carbocycles. The van der Waals surface area contributed by atoms with Gasteiger partial charge in [-0.25, -0.2) is 0 Å². The van der Waals surface area contributed by atoms with Crippen LogP contribution in [0.1, 0.15) is 54.4 Å². The molecule has 0 heterocycles. The van der Waals surface area contributed by atoms with Gasteiger partial charge in [0.2, 0.25) is 0 Å². The molecule has 0 amide bonds. The number of hydrogen-bond acceptors (Lipinski definition) is 2. The van der Waals surface area contributed by atoms with E-state index in [0.29, 0.717) is 0 Å². The van der Waals surface area contributed by atoms with Crippen molar-refractivity contribution in [1.29, 1.82) is 0 Å². The van der Waals surface area contributed by atoms with Crippen molar-refractivity contribution in [3.05, 3.63) is 0 Å². The molecule has 0 radical (unpaired) electrons. The minimum atomic E-state index is -1.16. The van der Waals surface area contributed by atoms with Crippen LogP contribution in [0.5, 0.6) is 0 Å². The van der Waals surface area contributed by atoms with Gasteiger partial charge in [-0.05, 0) is 12.8 Å². The molecule has 19 heavy (non-hydrogen) atoms. The van der Waals surface area contributed by atoms with E-state index in [1.807, 2.05) is 0 Å². The second-order valence-electron chi connectivity index (χ2n) is 7.50. The summed E-state index contributed by atoms with van der Waals surface area (Å²) >= 11 is 0. The van der Waals surface area contributed by atoms with Crippen molar-refractivity contribution in [2.45, 2.75) is 91.6 Å². The fourth-order valence-corrected chi connectivity index (χ4v) is 22.7. The maximum absolute atomic E-state index is 4.18. The zero-order chi connectivity index (χ0) is 15.2. The van der Waals surface area contributed by atoms with Gasteiger partial charge in [0.15, 0.2) is 8.64 Å². The first-order chi connectivity index (χ1) is 8.62. The zero-order valence-corrected chi connectivity index (χ0v) is 18.4. The summed E-state index contributed by atoms with van der Waals surface area (Å²) in [6.45, 7) is 21.8. The Balaban J connectivity index is 5.10. The number of nitrogens with one attached hydrogen (secondary N) is 1. The molecular weight excluding hydrogens is 280 g/mol. The summed E-state index contributed by atoms with van der Waals surface area (Å²) in [5.74, 6) is 0. The van der Waals surface area contributed by atoms with Crippen LogP contribution in [0.3, 0.4) is 0 Å². The molecule has 0 saturated heterocycles. The summed E-state index contributed by atoms with van der Waals surface area (Å²) in [6.07, 6.45) is 2.57. The molecule has 3 atom stereocenters. The second-order valence-corrected chi connectivity index (χ2v) is 20.6. The zero-order valence-electron chi connectivity index (χ0n) is 14.9. The van der Waals surface area contributed by atoms with Crippen molar-refractivity contribution >= 4 is 25.9 Å². The molecule has 0 fully saturated rings. The summed E-state index contributed by atoms with van der Waals surface area (Å²) in [5.41, 5.74) is 0.941.